The lowest BCUT2D eigenvalue weighted by molar-refractivity contribution is 0.738. The van der Waals surface area contributed by atoms with Gasteiger partial charge in [-0.1, -0.05) is 36.0 Å². The molecule has 1 atom stereocenters. The summed E-state index contributed by atoms with van der Waals surface area (Å²) in [5.74, 6) is 0. The van der Waals surface area contributed by atoms with Gasteiger partial charge in [0.1, 0.15) is 4.99 Å². The minimum absolute atomic E-state index is 0.213. The number of anilines is 1. The molecule has 0 bridgehead atoms. The van der Waals surface area contributed by atoms with Gasteiger partial charge in [0.05, 0.1) is 23.6 Å². The number of hydrogen-bond donors (Lipinski definition) is 1. The van der Waals surface area contributed by atoms with Crippen LogP contribution in [0.15, 0.2) is 42.6 Å². The van der Waals surface area contributed by atoms with E-state index in [1.807, 2.05) is 43.4 Å². The molecule has 2 aromatic rings. The molecule has 1 aromatic carbocycles. The van der Waals surface area contributed by atoms with E-state index in [1.54, 1.807) is 6.20 Å². The molecule has 20 heavy (non-hydrogen) atoms. The van der Waals surface area contributed by atoms with Gasteiger partial charge in [-0.25, -0.2) is 0 Å². The van der Waals surface area contributed by atoms with Crippen LogP contribution in [0.5, 0.6) is 0 Å². The highest BCUT2D eigenvalue weighted by atomic mass is 35.5. The summed E-state index contributed by atoms with van der Waals surface area (Å²) < 4.78 is 0. The van der Waals surface area contributed by atoms with Crippen molar-refractivity contribution in [1.82, 2.24) is 4.98 Å². The van der Waals surface area contributed by atoms with Crippen molar-refractivity contribution < 1.29 is 0 Å². The molecule has 5 heteroatoms. The van der Waals surface area contributed by atoms with Gasteiger partial charge >= 0.3 is 0 Å². The van der Waals surface area contributed by atoms with Gasteiger partial charge < -0.3 is 10.6 Å². The third kappa shape index (κ3) is 3.26. The molecule has 0 saturated heterocycles. The number of benzene rings is 1. The summed E-state index contributed by atoms with van der Waals surface area (Å²) in [5, 5.41) is 0.742. The molecular formula is C15H16ClN3S. The molecule has 0 spiro atoms. The number of hydrogen-bond acceptors (Lipinski definition) is 3. The molecule has 104 valence electrons. The first kappa shape index (κ1) is 14.8. The Kier molecular flexibility index (Phi) is 4.57. The maximum atomic E-state index is 5.91. The number of rotatable bonds is 4. The van der Waals surface area contributed by atoms with Gasteiger partial charge in [-0.05, 0) is 36.8 Å². The second-order valence-corrected chi connectivity index (χ2v) is 5.48. The number of thiocarbonyl (C=S) groups is 1. The van der Waals surface area contributed by atoms with Gasteiger partial charge in [0.15, 0.2) is 0 Å². The van der Waals surface area contributed by atoms with Crippen LogP contribution in [0.3, 0.4) is 0 Å². The highest BCUT2D eigenvalue weighted by Gasteiger charge is 2.12. The van der Waals surface area contributed by atoms with E-state index in [4.69, 9.17) is 29.6 Å². The van der Waals surface area contributed by atoms with E-state index in [-0.39, 0.29) is 6.04 Å². The Morgan fingerprint density at radius 3 is 2.40 bits per heavy atom. The number of nitrogens with two attached hydrogens (primary N) is 1. The lowest BCUT2D eigenvalue weighted by Crippen LogP contribution is -2.22. The molecular weight excluding hydrogens is 290 g/mol. The standard InChI is InChI=1S/C15H16ClN3S/c1-10(11-3-5-12(16)6-4-11)19(2)13-7-8-14(15(17)20)18-9-13/h3-10H,1-2H3,(H2,17,20). The van der Waals surface area contributed by atoms with Crippen LogP contribution in [0.25, 0.3) is 0 Å². The maximum Gasteiger partial charge on any atom is 0.122 e. The van der Waals surface area contributed by atoms with Crippen LogP contribution in [0.2, 0.25) is 5.02 Å². The molecule has 0 aliphatic carbocycles. The summed E-state index contributed by atoms with van der Waals surface area (Å²) in [5.41, 5.74) is 8.38. The van der Waals surface area contributed by atoms with Crippen molar-refractivity contribution in [2.75, 3.05) is 11.9 Å². The van der Waals surface area contributed by atoms with Crippen molar-refractivity contribution in [3.8, 4) is 0 Å². The Morgan fingerprint density at radius 2 is 1.90 bits per heavy atom. The molecule has 1 heterocycles. The topological polar surface area (TPSA) is 42.1 Å². The van der Waals surface area contributed by atoms with Crippen LogP contribution in [0, 0.1) is 0 Å². The number of aromatic nitrogens is 1. The van der Waals surface area contributed by atoms with Gasteiger partial charge in [0.2, 0.25) is 0 Å². The van der Waals surface area contributed by atoms with Crippen LogP contribution in [0.1, 0.15) is 24.2 Å². The largest absolute Gasteiger partial charge is 0.388 e. The average molecular weight is 306 g/mol. The molecule has 0 fully saturated rings. The number of pyridine rings is 1. The lowest BCUT2D eigenvalue weighted by Gasteiger charge is -2.27. The fraction of sp³-hybridized carbons (Fsp3) is 0.200. The van der Waals surface area contributed by atoms with Gasteiger partial charge in [-0.15, -0.1) is 0 Å². The number of nitrogens with zero attached hydrogens (tertiary/aromatic N) is 2. The van der Waals surface area contributed by atoms with Crippen LogP contribution >= 0.6 is 23.8 Å². The zero-order chi connectivity index (χ0) is 14.7. The maximum absolute atomic E-state index is 5.91. The quantitative estimate of drug-likeness (QED) is 0.877. The van der Waals surface area contributed by atoms with Crippen LogP contribution in [0.4, 0.5) is 5.69 Å². The first-order valence-electron chi connectivity index (χ1n) is 6.23. The van der Waals surface area contributed by atoms with Gasteiger partial charge in [-0.3, -0.25) is 4.98 Å². The Bertz CT molecular complexity index is 596. The van der Waals surface area contributed by atoms with Gasteiger partial charge in [0.25, 0.3) is 0 Å². The SMILES string of the molecule is CC(c1ccc(Cl)cc1)N(C)c1ccc(C(N)=S)nc1. The second-order valence-electron chi connectivity index (χ2n) is 4.60. The second kappa shape index (κ2) is 6.20. The van der Waals surface area contributed by atoms with Crippen molar-refractivity contribution in [3.63, 3.8) is 0 Å². The fourth-order valence-corrected chi connectivity index (χ4v) is 2.18. The Balaban J connectivity index is 2.19. The summed E-state index contributed by atoms with van der Waals surface area (Å²) in [6.07, 6.45) is 1.78. The van der Waals surface area contributed by atoms with Crippen LogP contribution < -0.4 is 10.6 Å². The monoisotopic (exact) mass is 305 g/mol. The Hall–Kier alpha value is -1.65. The predicted octanol–water partition coefficient (Wildman–Crippen LogP) is 3.57. The summed E-state index contributed by atoms with van der Waals surface area (Å²) in [6, 6.07) is 11.9. The molecule has 1 aromatic heterocycles. The molecule has 3 nitrogen and oxygen atoms in total. The highest BCUT2D eigenvalue weighted by molar-refractivity contribution is 7.80. The van der Waals surface area contributed by atoms with E-state index in [0.717, 1.165) is 10.7 Å². The molecule has 1 unspecified atom stereocenters. The normalized spacial score (nSPS) is 11.9. The molecule has 0 saturated carbocycles. The van der Waals surface area contributed by atoms with Crippen molar-refractivity contribution in [3.05, 3.63) is 58.9 Å². The third-order valence-corrected chi connectivity index (χ3v) is 3.80. The Morgan fingerprint density at radius 1 is 1.25 bits per heavy atom. The van der Waals surface area contributed by atoms with Crippen molar-refractivity contribution in [1.29, 1.82) is 0 Å². The smallest absolute Gasteiger partial charge is 0.122 e. The summed E-state index contributed by atoms with van der Waals surface area (Å²) in [6.45, 7) is 2.13. The molecule has 0 radical (unpaired) electrons. The Labute approximate surface area is 129 Å². The average Bonchev–Trinajstić information content (AvgIpc) is 2.46. The van der Waals surface area contributed by atoms with Gasteiger partial charge in [-0.2, -0.15) is 0 Å². The summed E-state index contributed by atoms with van der Waals surface area (Å²) in [7, 11) is 2.02. The molecule has 0 aliphatic heterocycles. The molecule has 0 amide bonds. The lowest BCUT2D eigenvalue weighted by atomic mass is 10.1. The minimum atomic E-state index is 0.213. The van der Waals surface area contributed by atoms with E-state index in [2.05, 4.69) is 16.8 Å². The molecule has 2 rings (SSSR count). The first-order chi connectivity index (χ1) is 9.49. The summed E-state index contributed by atoms with van der Waals surface area (Å²) in [4.78, 5) is 6.71. The minimum Gasteiger partial charge on any atom is -0.388 e. The van der Waals surface area contributed by atoms with Crippen LogP contribution in [-0.4, -0.2) is 17.0 Å². The van der Waals surface area contributed by atoms with Crippen LogP contribution in [-0.2, 0) is 0 Å². The van der Waals surface area contributed by atoms with E-state index in [1.165, 1.54) is 5.56 Å². The highest BCUT2D eigenvalue weighted by Crippen LogP contribution is 2.25. The van der Waals surface area contributed by atoms with Crippen molar-refractivity contribution in [2.24, 2.45) is 5.73 Å². The fourth-order valence-electron chi connectivity index (χ4n) is 1.93. The van der Waals surface area contributed by atoms with E-state index >= 15 is 0 Å². The third-order valence-electron chi connectivity index (χ3n) is 3.34. The molecule has 0 aliphatic rings. The predicted molar refractivity (Wildman–Crippen MR) is 88.4 cm³/mol. The zero-order valence-electron chi connectivity index (χ0n) is 11.4. The zero-order valence-corrected chi connectivity index (χ0v) is 12.9. The van der Waals surface area contributed by atoms with Crippen molar-refractivity contribution >= 4 is 34.5 Å². The first-order valence-corrected chi connectivity index (χ1v) is 7.02. The number of halogens is 1. The van der Waals surface area contributed by atoms with E-state index < -0.39 is 0 Å². The van der Waals surface area contributed by atoms with E-state index in [0.29, 0.717) is 10.7 Å². The molecule has 2 N–H and O–H groups in total. The van der Waals surface area contributed by atoms with E-state index in [9.17, 15) is 0 Å². The summed E-state index contributed by atoms with van der Waals surface area (Å²) >= 11 is 10.8. The van der Waals surface area contributed by atoms with Crippen molar-refractivity contribution in [2.45, 2.75) is 13.0 Å². The van der Waals surface area contributed by atoms with Gasteiger partial charge in [0, 0.05) is 12.1 Å².